The van der Waals surface area contributed by atoms with Crippen molar-refractivity contribution in [2.45, 2.75) is 26.2 Å². The van der Waals surface area contributed by atoms with Crippen molar-refractivity contribution in [3.63, 3.8) is 0 Å². The lowest BCUT2D eigenvalue weighted by Gasteiger charge is -2.02. The molecule has 0 bridgehead atoms. The van der Waals surface area contributed by atoms with Crippen molar-refractivity contribution < 1.29 is 0 Å². The van der Waals surface area contributed by atoms with Gasteiger partial charge < -0.3 is 5.32 Å². The number of aryl methyl sites for hydroxylation is 1. The zero-order valence-corrected chi connectivity index (χ0v) is 8.29. The first-order chi connectivity index (χ1) is 6.43. The van der Waals surface area contributed by atoms with E-state index >= 15 is 0 Å². The van der Waals surface area contributed by atoms with Crippen LogP contribution in [0.1, 0.15) is 25.3 Å². The molecule has 0 heterocycles. The highest BCUT2D eigenvalue weighted by Crippen LogP contribution is 2.01. The second-order valence-corrected chi connectivity index (χ2v) is 3.16. The molecule has 1 aromatic rings. The minimum absolute atomic E-state index is 1.09. The summed E-state index contributed by atoms with van der Waals surface area (Å²) in [5.74, 6) is 0. The van der Waals surface area contributed by atoms with Gasteiger partial charge in [-0.2, -0.15) is 0 Å². The van der Waals surface area contributed by atoms with Gasteiger partial charge in [-0.3, -0.25) is 0 Å². The topological polar surface area (TPSA) is 12.0 Å². The van der Waals surface area contributed by atoms with Gasteiger partial charge in [0.15, 0.2) is 0 Å². The fourth-order valence-corrected chi connectivity index (χ4v) is 1.29. The molecular weight excluding hydrogens is 158 g/mol. The van der Waals surface area contributed by atoms with E-state index in [0.717, 1.165) is 13.0 Å². The lowest BCUT2D eigenvalue weighted by atomic mass is 10.1. The molecule has 0 spiro atoms. The molecule has 0 aromatic heterocycles. The van der Waals surface area contributed by atoms with Crippen molar-refractivity contribution in [3.05, 3.63) is 42.4 Å². The smallest absolute Gasteiger partial charge is 0.0218 e. The van der Waals surface area contributed by atoms with Gasteiger partial charge in [-0.1, -0.05) is 37.3 Å². The zero-order valence-electron chi connectivity index (χ0n) is 8.29. The Kier molecular flexibility index (Phi) is 5.27. The van der Waals surface area contributed by atoms with Crippen molar-refractivity contribution in [2.24, 2.45) is 0 Å². The van der Waals surface area contributed by atoms with Gasteiger partial charge in [0, 0.05) is 6.54 Å². The number of rotatable bonds is 6. The van der Waals surface area contributed by atoms with Crippen LogP contribution in [0, 0.1) is 6.54 Å². The van der Waals surface area contributed by atoms with Crippen molar-refractivity contribution >= 4 is 0 Å². The Bertz CT molecular complexity index is 206. The molecule has 0 fully saturated rings. The average Bonchev–Trinajstić information content (AvgIpc) is 2.19. The zero-order chi connectivity index (χ0) is 9.36. The molecule has 13 heavy (non-hydrogen) atoms. The summed E-state index contributed by atoms with van der Waals surface area (Å²) >= 11 is 0. The summed E-state index contributed by atoms with van der Waals surface area (Å²) in [4.78, 5) is 0. The first-order valence-corrected chi connectivity index (χ1v) is 5.02. The number of nitrogens with one attached hydrogen (secondary N) is 1. The maximum Gasteiger partial charge on any atom is 0.0218 e. The Hall–Kier alpha value is -0.820. The highest BCUT2D eigenvalue weighted by molar-refractivity contribution is 5.14. The van der Waals surface area contributed by atoms with Crippen LogP contribution in [0.25, 0.3) is 0 Å². The van der Waals surface area contributed by atoms with Gasteiger partial charge in [0.05, 0.1) is 0 Å². The maximum absolute atomic E-state index is 3.28. The van der Waals surface area contributed by atoms with E-state index < -0.39 is 0 Å². The molecule has 0 unspecified atom stereocenters. The summed E-state index contributed by atoms with van der Waals surface area (Å²) in [6.07, 6.45) is 3.48. The van der Waals surface area contributed by atoms with E-state index in [1.54, 1.807) is 0 Å². The Morgan fingerprint density at radius 2 is 2.00 bits per heavy atom. The fourth-order valence-electron chi connectivity index (χ4n) is 1.29. The van der Waals surface area contributed by atoms with Gasteiger partial charge in [-0.25, -0.2) is 0 Å². The SMILES string of the molecule is CC[CH]NCCCc1ccccc1. The van der Waals surface area contributed by atoms with Crippen molar-refractivity contribution in [3.8, 4) is 0 Å². The average molecular weight is 176 g/mol. The second kappa shape index (κ2) is 6.67. The molecule has 0 atom stereocenters. The third kappa shape index (κ3) is 4.69. The third-order valence-corrected chi connectivity index (χ3v) is 1.98. The first-order valence-electron chi connectivity index (χ1n) is 5.02. The molecule has 0 saturated carbocycles. The van der Waals surface area contributed by atoms with E-state index in [0.29, 0.717) is 0 Å². The maximum atomic E-state index is 3.28. The van der Waals surface area contributed by atoms with E-state index in [4.69, 9.17) is 0 Å². The fraction of sp³-hybridized carbons (Fsp3) is 0.417. The van der Waals surface area contributed by atoms with Crippen LogP contribution in [0.2, 0.25) is 0 Å². The summed E-state index contributed by atoms with van der Waals surface area (Å²) in [7, 11) is 0. The molecule has 0 aliphatic carbocycles. The molecule has 0 aliphatic heterocycles. The predicted octanol–water partition coefficient (Wildman–Crippen LogP) is 2.78. The Balaban J connectivity index is 2.07. The summed E-state index contributed by atoms with van der Waals surface area (Å²) < 4.78 is 0. The van der Waals surface area contributed by atoms with Crippen molar-refractivity contribution in [1.82, 2.24) is 5.32 Å². The minimum atomic E-state index is 1.09. The van der Waals surface area contributed by atoms with Crippen molar-refractivity contribution in [2.75, 3.05) is 6.54 Å². The van der Waals surface area contributed by atoms with E-state index in [9.17, 15) is 0 Å². The molecule has 71 valence electrons. The van der Waals surface area contributed by atoms with E-state index in [2.05, 4.69) is 49.1 Å². The van der Waals surface area contributed by atoms with Crippen LogP contribution in [-0.2, 0) is 6.42 Å². The Labute approximate surface area is 81.2 Å². The third-order valence-electron chi connectivity index (χ3n) is 1.98. The van der Waals surface area contributed by atoms with E-state index in [1.165, 1.54) is 18.4 Å². The quantitative estimate of drug-likeness (QED) is 0.657. The van der Waals surface area contributed by atoms with Gasteiger partial charge in [0.1, 0.15) is 0 Å². The first kappa shape index (κ1) is 10.3. The largest absolute Gasteiger partial charge is 0.312 e. The molecule has 1 radical (unpaired) electrons. The number of benzene rings is 1. The predicted molar refractivity (Wildman–Crippen MR) is 57.4 cm³/mol. The van der Waals surface area contributed by atoms with Gasteiger partial charge >= 0.3 is 0 Å². The standard InChI is InChI=1S/C12H18N/c1-2-10-13-11-6-9-12-7-4-3-5-8-12/h3-5,7-8,10,13H,2,6,9,11H2,1H3. The van der Waals surface area contributed by atoms with Crippen LogP contribution in [-0.4, -0.2) is 6.54 Å². The lowest BCUT2D eigenvalue weighted by molar-refractivity contribution is 0.700. The molecule has 1 N–H and O–H groups in total. The number of hydrogen-bond donors (Lipinski definition) is 1. The molecule has 1 heteroatoms. The van der Waals surface area contributed by atoms with Crippen LogP contribution in [0.4, 0.5) is 0 Å². The summed E-state index contributed by atoms with van der Waals surface area (Å²) in [6.45, 7) is 5.35. The molecule has 1 rings (SSSR count). The Morgan fingerprint density at radius 1 is 1.23 bits per heavy atom. The second-order valence-electron chi connectivity index (χ2n) is 3.16. The lowest BCUT2D eigenvalue weighted by Crippen LogP contribution is -2.11. The summed E-state index contributed by atoms with van der Waals surface area (Å²) in [5.41, 5.74) is 1.43. The van der Waals surface area contributed by atoms with Crippen molar-refractivity contribution in [1.29, 1.82) is 0 Å². The minimum Gasteiger partial charge on any atom is -0.312 e. The summed E-state index contributed by atoms with van der Waals surface area (Å²) in [6, 6.07) is 10.6. The van der Waals surface area contributed by atoms with E-state index in [-0.39, 0.29) is 0 Å². The Morgan fingerprint density at radius 3 is 2.69 bits per heavy atom. The molecular formula is C12H18N. The highest BCUT2D eigenvalue weighted by atomic mass is 14.8. The van der Waals surface area contributed by atoms with Gasteiger partial charge in [0.2, 0.25) is 0 Å². The van der Waals surface area contributed by atoms with Crippen LogP contribution in [0.3, 0.4) is 0 Å². The normalized spacial score (nSPS) is 10.2. The summed E-state index contributed by atoms with van der Waals surface area (Å²) in [5, 5.41) is 3.28. The monoisotopic (exact) mass is 176 g/mol. The molecule has 0 amide bonds. The molecule has 0 aliphatic rings. The van der Waals surface area contributed by atoms with Crippen LogP contribution in [0.15, 0.2) is 30.3 Å². The molecule has 1 aromatic carbocycles. The van der Waals surface area contributed by atoms with Crippen LogP contribution in [0.5, 0.6) is 0 Å². The highest BCUT2D eigenvalue weighted by Gasteiger charge is 1.90. The van der Waals surface area contributed by atoms with Crippen LogP contribution >= 0.6 is 0 Å². The van der Waals surface area contributed by atoms with Gasteiger partial charge in [0.25, 0.3) is 0 Å². The number of hydrogen-bond acceptors (Lipinski definition) is 1. The van der Waals surface area contributed by atoms with Gasteiger partial charge in [-0.15, -0.1) is 0 Å². The van der Waals surface area contributed by atoms with Gasteiger partial charge in [-0.05, 0) is 31.4 Å². The van der Waals surface area contributed by atoms with Crippen LogP contribution < -0.4 is 5.32 Å². The molecule has 1 nitrogen and oxygen atoms in total. The van der Waals surface area contributed by atoms with E-state index in [1.807, 2.05) is 0 Å². The molecule has 0 saturated heterocycles.